The van der Waals surface area contributed by atoms with Crippen molar-refractivity contribution in [3.8, 4) is 0 Å². The maximum absolute atomic E-state index is 13.6. The molecule has 4 N–H and O–H groups in total. The SMILES string of the molecule is C=CC1(C)CC(=O)C2(O)C(C)(O1)C(CC(=O)O)C(O)C1C(C)(C)CCC(O)C12C. The van der Waals surface area contributed by atoms with Gasteiger partial charge in [0, 0.05) is 23.7 Å². The maximum atomic E-state index is 13.6. The summed E-state index contributed by atoms with van der Waals surface area (Å²) in [6.45, 7) is 12.4. The Balaban J connectivity index is 2.33. The molecule has 1 saturated heterocycles. The van der Waals surface area contributed by atoms with Crippen molar-refractivity contribution in [1.29, 1.82) is 0 Å². The minimum Gasteiger partial charge on any atom is -0.481 e. The summed E-state index contributed by atoms with van der Waals surface area (Å²) in [6, 6.07) is 0. The van der Waals surface area contributed by atoms with Crippen molar-refractivity contribution in [3.05, 3.63) is 12.7 Å². The zero-order valence-corrected chi connectivity index (χ0v) is 17.9. The highest BCUT2D eigenvalue weighted by atomic mass is 16.5. The molecule has 0 bridgehead atoms. The van der Waals surface area contributed by atoms with Crippen LogP contribution in [0.3, 0.4) is 0 Å². The molecule has 7 nitrogen and oxygen atoms in total. The summed E-state index contributed by atoms with van der Waals surface area (Å²) in [5.41, 5.74) is -6.93. The fourth-order valence-corrected chi connectivity index (χ4v) is 6.94. The van der Waals surface area contributed by atoms with Crippen molar-refractivity contribution in [2.45, 2.75) is 89.3 Å². The second kappa shape index (κ2) is 6.36. The summed E-state index contributed by atoms with van der Waals surface area (Å²) in [6.07, 6.45) is -0.446. The lowest BCUT2D eigenvalue weighted by atomic mass is 9.38. The number of Topliss-reactive ketones (excluding diaryl/α,β-unsaturated/α-hetero) is 1. The average Bonchev–Trinajstić information content (AvgIpc) is 2.59. The summed E-state index contributed by atoms with van der Waals surface area (Å²) in [5.74, 6) is -3.41. The van der Waals surface area contributed by atoms with Gasteiger partial charge in [-0.3, -0.25) is 9.59 Å². The van der Waals surface area contributed by atoms with Gasteiger partial charge in [-0.15, -0.1) is 6.58 Å². The number of carbonyl (C=O) groups is 2. The zero-order valence-electron chi connectivity index (χ0n) is 17.9. The summed E-state index contributed by atoms with van der Waals surface area (Å²) < 4.78 is 6.28. The normalized spacial score (nSPS) is 51.7. The smallest absolute Gasteiger partial charge is 0.303 e. The van der Waals surface area contributed by atoms with Crippen LogP contribution in [0.2, 0.25) is 0 Å². The molecule has 0 aromatic heterocycles. The molecule has 1 heterocycles. The molecule has 164 valence electrons. The first kappa shape index (κ1) is 22.4. The molecule has 0 aromatic rings. The van der Waals surface area contributed by atoms with E-state index in [1.54, 1.807) is 13.8 Å². The topological polar surface area (TPSA) is 124 Å². The van der Waals surface area contributed by atoms with E-state index in [4.69, 9.17) is 4.74 Å². The van der Waals surface area contributed by atoms with Crippen molar-refractivity contribution >= 4 is 11.8 Å². The van der Waals surface area contributed by atoms with Crippen LogP contribution in [0.25, 0.3) is 0 Å². The monoisotopic (exact) mass is 410 g/mol. The van der Waals surface area contributed by atoms with E-state index >= 15 is 0 Å². The number of aliphatic hydroxyl groups is 3. The fraction of sp³-hybridized carbons (Fsp3) is 0.818. The van der Waals surface area contributed by atoms with Crippen molar-refractivity contribution in [2.75, 3.05) is 0 Å². The van der Waals surface area contributed by atoms with Gasteiger partial charge < -0.3 is 25.2 Å². The number of hydrogen-bond acceptors (Lipinski definition) is 6. The Morgan fingerprint density at radius 1 is 1.24 bits per heavy atom. The van der Waals surface area contributed by atoms with Gasteiger partial charge in [0.1, 0.15) is 5.60 Å². The highest BCUT2D eigenvalue weighted by molar-refractivity contribution is 5.92. The highest BCUT2D eigenvalue weighted by Gasteiger charge is 2.80. The van der Waals surface area contributed by atoms with Gasteiger partial charge in [-0.25, -0.2) is 0 Å². The van der Waals surface area contributed by atoms with Crippen LogP contribution in [0.15, 0.2) is 12.7 Å². The Hall–Kier alpha value is -1.28. The van der Waals surface area contributed by atoms with E-state index in [0.29, 0.717) is 12.8 Å². The van der Waals surface area contributed by atoms with Crippen LogP contribution in [0.4, 0.5) is 0 Å². The number of hydrogen-bond donors (Lipinski definition) is 4. The average molecular weight is 411 g/mol. The van der Waals surface area contributed by atoms with Crippen molar-refractivity contribution in [1.82, 2.24) is 0 Å². The molecule has 8 unspecified atom stereocenters. The van der Waals surface area contributed by atoms with E-state index in [9.17, 15) is 30.0 Å². The number of fused-ring (bicyclic) bond motifs is 3. The Kier molecular flexibility index (Phi) is 4.91. The fourth-order valence-electron chi connectivity index (χ4n) is 6.94. The molecule has 0 amide bonds. The summed E-state index contributed by atoms with van der Waals surface area (Å²) >= 11 is 0. The van der Waals surface area contributed by atoms with Crippen LogP contribution in [0, 0.1) is 22.7 Å². The van der Waals surface area contributed by atoms with Gasteiger partial charge in [-0.1, -0.05) is 26.8 Å². The summed E-state index contributed by atoms with van der Waals surface area (Å²) in [7, 11) is 0. The van der Waals surface area contributed by atoms with E-state index in [1.165, 1.54) is 13.0 Å². The van der Waals surface area contributed by atoms with Gasteiger partial charge in [0.2, 0.25) is 0 Å². The number of ether oxygens (including phenoxy) is 1. The second-order valence-corrected chi connectivity index (χ2v) is 10.5. The van der Waals surface area contributed by atoms with Crippen LogP contribution in [0.5, 0.6) is 0 Å². The first-order valence-electron chi connectivity index (χ1n) is 10.3. The number of aliphatic carboxylic acids is 1. The third-order valence-electron chi connectivity index (χ3n) is 8.39. The summed E-state index contributed by atoms with van der Waals surface area (Å²) in [5, 5.41) is 44.3. The molecule has 0 spiro atoms. The zero-order chi connectivity index (χ0) is 22.2. The van der Waals surface area contributed by atoms with Gasteiger partial charge in [0.15, 0.2) is 11.4 Å². The largest absolute Gasteiger partial charge is 0.481 e. The number of carbonyl (C=O) groups excluding carboxylic acids is 1. The number of ketones is 1. The molecule has 2 aliphatic carbocycles. The van der Waals surface area contributed by atoms with Crippen LogP contribution in [0.1, 0.15) is 60.3 Å². The number of carboxylic acids is 1. The third-order valence-corrected chi connectivity index (χ3v) is 8.39. The lowest BCUT2D eigenvalue weighted by molar-refractivity contribution is -0.361. The molecule has 1 aliphatic heterocycles. The van der Waals surface area contributed by atoms with Gasteiger partial charge >= 0.3 is 5.97 Å². The molecule has 7 heteroatoms. The minimum absolute atomic E-state index is 0.145. The highest BCUT2D eigenvalue weighted by Crippen LogP contribution is 2.68. The minimum atomic E-state index is -2.16. The van der Waals surface area contributed by atoms with E-state index in [-0.39, 0.29) is 6.42 Å². The van der Waals surface area contributed by atoms with Crippen molar-refractivity contribution in [3.63, 3.8) is 0 Å². The van der Waals surface area contributed by atoms with Gasteiger partial charge in [0.05, 0.1) is 24.2 Å². The Labute approximate surface area is 171 Å². The standard InChI is InChI=1S/C22H34O7/c1-7-19(4)11-14(24)22(28)20(5)13(23)8-9-18(2,3)17(20)16(27)12(10-15(25)26)21(22,6)29-19/h7,12-13,16-17,23,27-28H,1,8-11H2,2-6H3,(H,25,26). The second-order valence-electron chi connectivity index (χ2n) is 10.5. The molecule has 3 rings (SSSR count). The van der Waals surface area contributed by atoms with Crippen LogP contribution in [-0.4, -0.2) is 61.2 Å². The molecule has 3 aliphatic rings. The number of aliphatic hydroxyl groups excluding tert-OH is 2. The van der Waals surface area contributed by atoms with E-state index in [0.717, 1.165) is 0 Å². The lowest BCUT2D eigenvalue weighted by Crippen LogP contribution is -2.85. The molecule has 8 atom stereocenters. The third kappa shape index (κ3) is 2.63. The lowest BCUT2D eigenvalue weighted by Gasteiger charge is -2.71. The molecule has 2 saturated carbocycles. The predicted molar refractivity (Wildman–Crippen MR) is 105 cm³/mol. The Morgan fingerprint density at radius 3 is 2.34 bits per heavy atom. The molecule has 3 fully saturated rings. The number of carboxylic acid groups (broad SMARTS) is 1. The van der Waals surface area contributed by atoms with Gasteiger partial charge in [-0.05, 0) is 32.1 Å². The van der Waals surface area contributed by atoms with E-state index < -0.39 is 69.9 Å². The predicted octanol–water partition coefficient (Wildman–Crippen LogP) is 1.68. The Bertz CT molecular complexity index is 747. The molecule has 0 radical (unpaired) electrons. The summed E-state index contributed by atoms with van der Waals surface area (Å²) in [4.78, 5) is 25.3. The van der Waals surface area contributed by atoms with Crippen molar-refractivity contribution in [2.24, 2.45) is 22.7 Å². The molecular weight excluding hydrogens is 376 g/mol. The van der Waals surface area contributed by atoms with Crippen LogP contribution in [-0.2, 0) is 14.3 Å². The van der Waals surface area contributed by atoms with Crippen LogP contribution >= 0.6 is 0 Å². The molecular formula is C22H34O7. The first-order chi connectivity index (χ1) is 13.1. The maximum Gasteiger partial charge on any atom is 0.303 e. The van der Waals surface area contributed by atoms with Crippen molar-refractivity contribution < 1.29 is 34.8 Å². The molecule has 29 heavy (non-hydrogen) atoms. The van der Waals surface area contributed by atoms with Crippen LogP contribution < -0.4 is 0 Å². The Morgan fingerprint density at radius 2 is 1.83 bits per heavy atom. The van der Waals surface area contributed by atoms with Gasteiger partial charge in [0.25, 0.3) is 0 Å². The quantitative estimate of drug-likeness (QED) is 0.522. The van der Waals surface area contributed by atoms with E-state index in [1.807, 2.05) is 13.8 Å². The first-order valence-corrected chi connectivity index (χ1v) is 10.3. The van der Waals surface area contributed by atoms with E-state index in [2.05, 4.69) is 6.58 Å². The van der Waals surface area contributed by atoms with Gasteiger partial charge in [-0.2, -0.15) is 0 Å². The number of rotatable bonds is 3. The molecule has 0 aromatic carbocycles.